The Balaban J connectivity index is 0.000000480. The van der Waals surface area contributed by atoms with E-state index in [1.165, 1.54) is 139 Å². The molecule has 0 N–H and O–H groups in total. The summed E-state index contributed by atoms with van der Waals surface area (Å²) in [6.07, 6.45) is 7.73. The first kappa shape index (κ1) is 73.3. The standard InChI is InChI=1S/C14H22.C13H21N.4C13H20/c1-9-8-10(2)13(14(5,6)7)12(4)11(9)3;1-8-9(2)12(13(5,6)7)11(4)14-10(8)3;2*1-9-7-11(3)12(8-10(9)2)13(4,5)6;2*1-9-7-10(2)12(11(3)8-9)13(4,5)6/h2,8H2,1,3-7H3;1-7H3;7-8H,1-6H3;8H,3,7H2,1-2,4-6H3;7-8H,1-6H3;8H,2,7H2,1,3-6H3. The normalized spacial score (nSPS) is 15.6. The molecular weight excluding hydrogens is 963 g/mol. The summed E-state index contributed by atoms with van der Waals surface area (Å²) < 4.78 is 0. The van der Waals surface area contributed by atoms with Crippen molar-refractivity contribution in [3.05, 3.63) is 201 Å². The minimum Gasteiger partial charge on any atom is -0.258 e. The maximum Gasteiger partial charge on any atom is 0.0416 e. The molecule has 80 heavy (non-hydrogen) atoms. The van der Waals surface area contributed by atoms with Crippen LogP contribution in [0.3, 0.4) is 0 Å². The highest BCUT2D eigenvalue weighted by atomic mass is 14.7. The molecule has 6 rings (SSSR count). The molecule has 444 valence electrons. The molecule has 0 spiro atoms. The quantitative estimate of drug-likeness (QED) is 0.219. The van der Waals surface area contributed by atoms with Gasteiger partial charge in [-0.2, -0.15) is 0 Å². The van der Waals surface area contributed by atoms with Crippen molar-refractivity contribution >= 4 is 0 Å². The molecule has 0 unspecified atom stereocenters. The molecule has 0 aliphatic heterocycles. The second kappa shape index (κ2) is 28.0. The Bertz CT molecular complexity index is 2930. The molecule has 3 aromatic rings. The molecule has 0 saturated carbocycles. The third kappa shape index (κ3) is 20.9. The van der Waals surface area contributed by atoms with E-state index in [2.05, 4.69) is 303 Å². The van der Waals surface area contributed by atoms with Gasteiger partial charge in [0.1, 0.15) is 0 Å². The van der Waals surface area contributed by atoms with E-state index in [-0.39, 0.29) is 32.5 Å². The van der Waals surface area contributed by atoms with Gasteiger partial charge in [-0.3, -0.25) is 4.98 Å². The van der Waals surface area contributed by atoms with E-state index >= 15 is 0 Å². The molecular formula is C79H123N. The summed E-state index contributed by atoms with van der Waals surface area (Å²) in [4.78, 5) is 4.60. The highest BCUT2D eigenvalue weighted by Gasteiger charge is 2.28. The smallest absolute Gasteiger partial charge is 0.0416 e. The fourth-order valence-electron chi connectivity index (χ4n) is 12.8. The lowest BCUT2D eigenvalue weighted by atomic mass is 9.73. The van der Waals surface area contributed by atoms with Gasteiger partial charge in [-0.15, -0.1) is 0 Å². The van der Waals surface area contributed by atoms with Gasteiger partial charge in [-0.25, -0.2) is 0 Å². The van der Waals surface area contributed by atoms with Gasteiger partial charge >= 0.3 is 0 Å². The molecule has 1 heterocycles. The largest absolute Gasteiger partial charge is 0.258 e. The Labute approximate surface area is 497 Å². The highest BCUT2D eigenvalue weighted by molar-refractivity contribution is 5.53. The average molecular weight is 1090 g/mol. The first-order valence-electron chi connectivity index (χ1n) is 30.1. The number of rotatable bonds is 0. The average Bonchev–Trinajstić information content (AvgIpc) is 3.22. The van der Waals surface area contributed by atoms with E-state index in [1.54, 1.807) is 0 Å². The number of hydrogen-bond donors (Lipinski definition) is 0. The summed E-state index contributed by atoms with van der Waals surface area (Å²) in [7, 11) is 0. The van der Waals surface area contributed by atoms with E-state index in [4.69, 9.17) is 0 Å². The topological polar surface area (TPSA) is 12.9 Å². The van der Waals surface area contributed by atoms with Gasteiger partial charge in [0.15, 0.2) is 0 Å². The SMILES string of the molecule is C=C1CC(C)=C(C)C(C)=C1C(C)(C)C.C=C1CC(C)=C(C)C=C1C(C)(C)C.C=C1CC(C)=CC(C)=C1C(C)(C)C.Cc1cc(C)c(C(C)(C)C)c(C)c1.Cc1cc(C)c(C(C)(C)C)cc1C.Cc1nc(C)c(C(C)(C)C)c(C)c1C. The molecule has 1 heteroatoms. The van der Waals surface area contributed by atoms with Crippen LogP contribution in [0.1, 0.15) is 265 Å². The molecule has 0 amide bonds. The predicted molar refractivity (Wildman–Crippen MR) is 364 cm³/mol. The second-order valence-electron chi connectivity index (χ2n) is 30.7. The number of nitrogens with zero attached hydrogens (tertiary/aromatic N) is 1. The Morgan fingerprint density at radius 1 is 0.350 bits per heavy atom. The molecule has 0 atom stereocenters. The van der Waals surface area contributed by atoms with Crippen LogP contribution in [0.25, 0.3) is 0 Å². The van der Waals surface area contributed by atoms with E-state index < -0.39 is 0 Å². The number of allylic oxidation sites excluding steroid dienone is 15. The van der Waals surface area contributed by atoms with Crippen LogP contribution in [0.4, 0.5) is 0 Å². The van der Waals surface area contributed by atoms with Gasteiger partial charge < -0.3 is 0 Å². The van der Waals surface area contributed by atoms with E-state index in [0.29, 0.717) is 0 Å². The Morgan fingerprint density at radius 3 is 1.20 bits per heavy atom. The first-order chi connectivity index (χ1) is 35.8. The fourth-order valence-corrected chi connectivity index (χ4v) is 12.8. The van der Waals surface area contributed by atoms with Crippen LogP contribution in [0.5, 0.6) is 0 Å². The van der Waals surface area contributed by atoms with Crippen LogP contribution >= 0.6 is 0 Å². The number of aryl methyl sites for hydroxylation is 8. The molecule has 2 aromatic carbocycles. The van der Waals surface area contributed by atoms with Crippen LogP contribution in [-0.4, -0.2) is 4.98 Å². The fraction of sp³-hybridized carbons (Fsp3) is 0.557. The van der Waals surface area contributed by atoms with E-state index in [1.807, 2.05) is 0 Å². The van der Waals surface area contributed by atoms with Gasteiger partial charge in [0.2, 0.25) is 0 Å². The van der Waals surface area contributed by atoms with Gasteiger partial charge in [-0.1, -0.05) is 209 Å². The number of hydrogen-bond acceptors (Lipinski definition) is 1. The van der Waals surface area contributed by atoms with Crippen molar-refractivity contribution in [3.8, 4) is 0 Å². The van der Waals surface area contributed by atoms with E-state index in [0.717, 1.165) is 25.0 Å². The molecule has 0 bridgehead atoms. The second-order valence-corrected chi connectivity index (χ2v) is 30.7. The number of aromatic nitrogens is 1. The van der Waals surface area contributed by atoms with Gasteiger partial charge in [0.05, 0.1) is 0 Å². The summed E-state index contributed by atoms with van der Waals surface area (Å²) in [5.41, 5.74) is 37.5. The Hall–Kier alpha value is -4.75. The molecule has 1 nitrogen and oxygen atoms in total. The van der Waals surface area contributed by atoms with Crippen molar-refractivity contribution in [1.29, 1.82) is 0 Å². The zero-order valence-corrected chi connectivity index (χ0v) is 59.2. The van der Waals surface area contributed by atoms with Crippen LogP contribution < -0.4 is 0 Å². The maximum atomic E-state index is 4.60. The van der Waals surface area contributed by atoms with Gasteiger partial charge in [0, 0.05) is 11.4 Å². The minimum absolute atomic E-state index is 0.194. The van der Waals surface area contributed by atoms with Gasteiger partial charge in [-0.05, 0) is 275 Å². The Morgan fingerprint density at radius 2 is 0.787 bits per heavy atom. The summed E-state index contributed by atoms with van der Waals surface area (Å²) >= 11 is 0. The lowest BCUT2D eigenvalue weighted by molar-refractivity contribution is 0.501. The third-order valence-electron chi connectivity index (χ3n) is 16.3. The van der Waals surface area contributed by atoms with Crippen molar-refractivity contribution in [3.63, 3.8) is 0 Å². The maximum absolute atomic E-state index is 4.60. The molecule has 0 radical (unpaired) electrons. The summed E-state index contributed by atoms with van der Waals surface area (Å²) in [5, 5.41) is 0. The first-order valence-corrected chi connectivity index (χ1v) is 30.1. The molecule has 0 saturated heterocycles. The molecule has 1 aromatic heterocycles. The molecule has 3 aliphatic carbocycles. The minimum atomic E-state index is 0.194. The lowest BCUT2D eigenvalue weighted by Crippen LogP contribution is -2.17. The number of pyridine rings is 1. The van der Waals surface area contributed by atoms with Crippen molar-refractivity contribution in [1.82, 2.24) is 4.98 Å². The molecule has 0 fully saturated rings. The zero-order chi connectivity index (χ0) is 63.1. The van der Waals surface area contributed by atoms with Crippen molar-refractivity contribution in [2.45, 2.75) is 278 Å². The highest BCUT2D eigenvalue weighted by Crippen LogP contribution is 2.43. The summed E-state index contributed by atoms with van der Waals surface area (Å²) in [6, 6.07) is 9.15. The summed E-state index contributed by atoms with van der Waals surface area (Å²) in [6.45, 7) is 90.3. The van der Waals surface area contributed by atoms with Crippen LogP contribution in [0.15, 0.2) is 129 Å². The van der Waals surface area contributed by atoms with Crippen LogP contribution in [-0.2, 0) is 16.2 Å². The summed E-state index contributed by atoms with van der Waals surface area (Å²) in [5.74, 6) is 0. The monoisotopic (exact) mass is 1090 g/mol. The number of benzene rings is 2. The predicted octanol–water partition coefficient (Wildman–Crippen LogP) is 24.6. The van der Waals surface area contributed by atoms with Crippen molar-refractivity contribution in [2.75, 3.05) is 0 Å². The third-order valence-corrected chi connectivity index (χ3v) is 16.3. The van der Waals surface area contributed by atoms with Crippen molar-refractivity contribution in [2.24, 2.45) is 16.2 Å². The zero-order valence-electron chi connectivity index (χ0n) is 59.2. The van der Waals surface area contributed by atoms with Gasteiger partial charge in [0.25, 0.3) is 0 Å². The Kier molecular flexibility index (Phi) is 25.7. The van der Waals surface area contributed by atoms with Crippen molar-refractivity contribution < 1.29 is 0 Å². The lowest BCUT2D eigenvalue weighted by Gasteiger charge is -2.32. The molecule has 3 aliphatic rings. The van der Waals surface area contributed by atoms with Crippen LogP contribution in [0.2, 0.25) is 0 Å². The van der Waals surface area contributed by atoms with E-state index in [9.17, 15) is 0 Å². The van der Waals surface area contributed by atoms with Crippen LogP contribution in [0, 0.1) is 85.5 Å².